The highest BCUT2D eigenvalue weighted by Crippen LogP contribution is 2.29. The summed E-state index contributed by atoms with van der Waals surface area (Å²) in [4.78, 5) is 14.0. The van der Waals surface area contributed by atoms with E-state index in [1.54, 1.807) is 19.9 Å². The van der Waals surface area contributed by atoms with Crippen molar-refractivity contribution in [3.8, 4) is 0 Å². The average Bonchev–Trinajstić information content (AvgIpc) is 2.55. The van der Waals surface area contributed by atoms with Crippen molar-refractivity contribution >= 4 is 39.9 Å². The quantitative estimate of drug-likeness (QED) is 0.658. The molecule has 1 amide bonds. The van der Waals surface area contributed by atoms with Crippen LogP contribution in [0.2, 0.25) is 0 Å². The standard InChI is InChI=1S/C17H16F3IN2O/c1-3-23(4-2)17(24)11-6-7-12(18)15(20)16(11)22-14-8-5-10(21)9-13(14)19/h5-9,22H,3-4H2,1-2H3. The van der Waals surface area contributed by atoms with Crippen molar-refractivity contribution in [2.24, 2.45) is 0 Å². The van der Waals surface area contributed by atoms with E-state index in [9.17, 15) is 18.0 Å². The monoisotopic (exact) mass is 448 g/mol. The van der Waals surface area contributed by atoms with E-state index in [1.165, 1.54) is 23.1 Å². The van der Waals surface area contributed by atoms with E-state index in [4.69, 9.17) is 0 Å². The van der Waals surface area contributed by atoms with Crippen LogP contribution in [0.15, 0.2) is 30.3 Å². The highest BCUT2D eigenvalue weighted by Gasteiger charge is 2.22. The van der Waals surface area contributed by atoms with Gasteiger partial charge in [-0.05, 0) is 66.8 Å². The number of benzene rings is 2. The number of carbonyl (C=O) groups excluding carboxylic acids is 1. The summed E-state index contributed by atoms with van der Waals surface area (Å²) in [6, 6.07) is 6.38. The number of halogens is 4. The maximum atomic E-state index is 14.3. The lowest BCUT2D eigenvalue weighted by molar-refractivity contribution is 0.0773. The number of rotatable bonds is 5. The summed E-state index contributed by atoms with van der Waals surface area (Å²) >= 11 is 1.94. The van der Waals surface area contributed by atoms with E-state index in [1.807, 2.05) is 22.6 Å². The van der Waals surface area contributed by atoms with Crippen molar-refractivity contribution in [1.29, 1.82) is 0 Å². The molecule has 128 valence electrons. The fraction of sp³-hybridized carbons (Fsp3) is 0.235. The molecule has 0 saturated carbocycles. The van der Waals surface area contributed by atoms with Gasteiger partial charge in [0.05, 0.1) is 16.9 Å². The maximum Gasteiger partial charge on any atom is 0.256 e. The van der Waals surface area contributed by atoms with E-state index >= 15 is 0 Å². The summed E-state index contributed by atoms with van der Waals surface area (Å²) in [6.45, 7) is 4.41. The molecule has 0 saturated heterocycles. The molecule has 2 aromatic carbocycles. The number of anilines is 2. The molecular weight excluding hydrogens is 432 g/mol. The molecule has 0 aromatic heterocycles. The molecule has 3 nitrogen and oxygen atoms in total. The molecule has 0 spiro atoms. The van der Waals surface area contributed by atoms with Gasteiger partial charge in [-0.3, -0.25) is 4.79 Å². The number of hydrogen-bond donors (Lipinski definition) is 1. The van der Waals surface area contributed by atoms with Gasteiger partial charge in [-0.15, -0.1) is 0 Å². The second-order valence-corrected chi connectivity index (χ2v) is 6.26. The molecule has 0 aliphatic heterocycles. The van der Waals surface area contributed by atoms with E-state index in [-0.39, 0.29) is 16.9 Å². The first-order chi connectivity index (χ1) is 11.4. The van der Waals surface area contributed by atoms with Gasteiger partial charge in [-0.2, -0.15) is 0 Å². The molecule has 0 fully saturated rings. The first-order valence-corrected chi connectivity index (χ1v) is 8.46. The van der Waals surface area contributed by atoms with Crippen molar-refractivity contribution in [1.82, 2.24) is 4.90 Å². The van der Waals surface area contributed by atoms with Crippen LogP contribution >= 0.6 is 22.6 Å². The van der Waals surface area contributed by atoms with Gasteiger partial charge in [0.1, 0.15) is 5.82 Å². The third-order valence-electron chi connectivity index (χ3n) is 3.57. The zero-order valence-corrected chi connectivity index (χ0v) is 15.3. The lowest BCUT2D eigenvalue weighted by Crippen LogP contribution is -2.31. The minimum absolute atomic E-state index is 0.0338. The highest BCUT2D eigenvalue weighted by atomic mass is 127. The topological polar surface area (TPSA) is 32.3 Å². The van der Waals surface area contributed by atoms with Gasteiger partial charge in [0.2, 0.25) is 0 Å². The number of amides is 1. The Kier molecular flexibility index (Phi) is 6.09. The largest absolute Gasteiger partial charge is 0.350 e. The average molecular weight is 448 g/mol. The zero-order valence-electron chi connectivity index (χ0n) is 13.2. The van der Waals surface area contributed by atoms with E-state index in [2.05, 4.69) is 5.32 Å². The van der Waals surface area contributed by atoms with Crippen molar-refractivity contribution in [2.75, 3.05) is 18.4 Å². The molecule has 2 aromatic rings. The van der Waals surface area contributed by atoms with Crippen molar-refractivity contribution in [3.63, 3.8) is 0 Å². The number of hydrogen-bond acceptors (Lipinski definition) is 2. The molecular formula is C17H16F3IN2O. The van der Waals surface area contributed by atoms with Gasteiger partial charge in [0.15, 0.2) is 11.6 Å². The van der Waals surface area contributed by atoms with Gasteiger partial charge < -0.3 is 10.2 Å². The fourth-order valence-electron chi connectivity index (χ4n) is 2.26. The number of nitrogens with zero attached hydrogens (tertiary/aromatic N) is 1. The Hall–Kier alpha value is -1.77. The Labute approximate surface area is 152 Å². The predicted molar refractivity (Wildman–Crippen MR) is 96.0 cm³/mol. The zero-order chi connectivity index (χ0) is 17.9. The molecule has 0 radical (unpaired) electrons. The Morgan fingerprint density at radius 2 is 1.75 bits per heavy atom. The normalized spacial score (nSPS) is 10.6. The highest BCUT2D eigenvalue weighted by molar-refractivity contribution is 14.1. The van der Waals surface area contributed by atoms with Crippen LogP contribution in [0.25, 0.3) is 0 Å². The van der Waals surface area contributed by atoms with Crippen LogP contribution in [-0.4, -0.2) is 23.9 Å². The van der Waals surface area contributed by atoms with Crippen LogP contribution in [0.3, 0.4) is 0 Å². The van der Waals surface area contributed by atoms with Crippen molar-refractivity contribution in [3.05, 3.63) is 56.9 Å². The van der Waals surface area contributed by atoms with Crippen LogP contribution in [0.5, 0.6) is 0 Å². The molecule has 0 aliphatic rings. The van der Waals surface area contributed by atoms with Crippen molar-refractivity contribution in [2.45, 2.75) is 13.8 Å². The third-order valence-corrected chi connectivity index (χ3v) is 4.24. The Morgan fingerprint density at radius 3 is 2.33 bits per heavy atom. The molecule has 0 bridgehead atoms. The molecule has 2 rings (SSSR count). The summed E-state index contributed by atoms with van der Waals surface area (Å²) in [6.07, 6.45) is 0. The molecule has 0 atom stereocenters. The Morgan fingerprint density at radius 1 is 1.08 bits per heavy atom. The van der Waals surface area contributed by atoms with E-state index < -0.39 is 23.4 Å². The van der Waals surface area contributed by atoms with Crippen molar-refractivity contribution < 1.29 is 18.0 Å². The van der Waals surface area contributed by atoms with Crippen LogP contribution < -0.4 is 5.32 Å². The second kappa shape index (κ2) is 7.87. The maximum absolute atomic E-state index is 14.3. The SMILES string of the molecule is CCN(CC)C(=O)c1ccc(F)c(F)c1Nc1ccc(I)cc1F. The summed E-state index contributed by atoms with van der Waals surface area (Å²) in [5.41, 5.74) is -0.448. The summed E-state index contributed by atoms with van der Waals surface area (Å²) < 4.78 is 42.6. The molecule has 24 heavy (non-hydrogen) atoms. The first kappa shape index (κ1) is 18.6. The van der Waals surface area contributed by atoms with Crippen LogP contribution in [0.4, 0.5) is 24.5 Å². The lowest BCUT2D eigenvalue weighted by Gasteiger charge is -2.21. The minimum atomic E-state index is -1.22. The van der Waals surface area contributed by atoms with Gasteiger partial charge in [-0.25, -0.2) is 13.2 Å². The minimum Gasteiger partial charge on any atom is -0.350 e. The fourth-order valence-corrected chi connectivity index (χ4v) is 2.71. The Bertz CT molecular complexity index is 764. The summed E-state index contributed by atoms with van der Waals surface area (Å²) in [7, 11) is 0. The van der Waals surface area contributed by atoms with E-state index in [0.717, 1.165) is 6.07 Å². The molecule has 0 heterocycles. The smallest absolute Gasteiger partial charge is 0.256 e. The number of nitrogens with one attached hydrogen (secondary N) is 1. The van der Waals surface area contributed by atoms with Crippen LogP contribution in [0.1, 0.15) is 24.2 Å². The molecule has 1 N–H and O–H groups in total. The number of carbonyl (C=O) groups is 1. The Balaban J connectivity index is 2.51. The van der Waals surface area contributed by atoms with Gasteiger partial charge in [0.25, 0.3) is 5.91 Å². The van der Waals surface area contributed by atoms with Gasteiger partial charge in [0, 0.05) is 16.7 Å². The molecule has 0 unspecified atom stereocenters. The summed E-state index contributed by atoms with van der Waals surface area (Å²) in [5, 5.41) is 2.52. The first-order valence-electron chi connectivity index (χ1n) is 7.38. The predicted octanol–water partition coefficient (Wildman–Crippen LogP) is 4.93. The molecule has 0 aliphatic carbocycles. The summed E-state index contributed by atoms with van der Waals surface area (Å²) in [5.74, 6) is -3.40. The third kappa shape index (κ3) is 3.82. The lowest BCUT2D eigenvalue weighted by atomic mass is 10.1. The second-order valence-electron chi connectivity index (χ2n) is 5.01. The van der Waals surface area contributed by atoms with Crippen LogP contribution in [0, 0.1) is 21.0 Å². The van der Waals surface area contributed by atoms with E-state index in [0.29, 0.717) is 16.7 Å². The van der Waals surface area contributed by atoms with Gasteiger partial charge in [-0.1, -0.05) is 0 Å². The van der Waals surface area contributed by atoms with Crippen LogP contribution in [-0.2, 0) is 0 Å². The molecule has 7 heteroatoms. The van der Waals surface area contributed by atoms with Gasteiger partial charge >= 0.3 is 0 Å².